The lowest BCUT2D eigenvalue weighted by Crippen LogP contribution is -2.30. The maximum Gasteiger partial charge on any atom is 0.253 e. The molecular weight excluding hydrogens is 430 g/mol. The number of anilines is 1. The second kappa shape index (κ2) is 9.65. The van der Waals surface area contributed by atoms with E-state index in [0.717, 1.165) is 28.7 Å². The largest absolute Gasteiger partial charge is 0.339 e. The summed E-state index contributed by atoms with van der Waals surface area (Å²) in [5.74, 6) is 0.932. The first kappa shape index (κ1) is 21.6. The Kier molecular flexibility index (Phi) is 6.72. The molecule has 0 spiro atoms. The van der Waals surface area contributed by atoms with Crippen molar-refractivity contribution in [2.75, 3.05) is 24.2 Å². The smallest absolute Gasteiger partial charge is 0.253 e. The number of benzene rings is 1. The summed E-state index contributed by atoms with van der Waals surface area (Å²) >= 11 is 3.03. The van der Waals surface area contributed by atoms with E-state index in [9.17, 15) is 9.59 Å². The van der Waals surface area contributed by atoms with Crippen LogP contribution in [0.2, 0.25) is 0 Å². The summed E-state index contributed by atoms with van der Waals surface area (Å²) in [4.78, 5) is 28.0. The molecule has 3 aromatic rings. The first-order valence-electron chi connectivity index (χ1n) is 10.4. The fourth-order valence-corrected chi connectivity index (χ4v) is 4.87. The Hall–Kier alpha value is -2.65. The SMILES string of the molecule is CCN(CC)C(=O)c1cccc(NC(=O)CSc2nnc(-c3cccs3)n2C2CC2)c1. The number of rotatable bonds is 9. The van der Waals surface area contributed by atoms with Crippen molar-refractivity contribution < 1.29 is 9.59 Å². The highest BCUT2D eigenvalue weighted by atomic mass is 32.2. The van der Waals surface area contributed by atoms with Crippen LogP contribution >= 0.6 is 23.1 Å². The first-order valence-corrected chi connectivity index (χ1v) is 12.3. The van der Waals surface area contributed by atoms with E-state index < -0.39 is 0 Å². The van der Waals surface area contributed by atoms with Gasteiger partial charge in [-0.15, -0.1) is 21.5 Å². The van der Waals surface area contributed by atoms with Gasteiger partial charge in [0.25, 0.3) is 5.91 Å². The number of amides is 2. The third-order valence-electron chi connectivity index (χ3n) is 5.09. The summed E-state index contributed by atoms with van der Waals surface area (Å²) in [5, 5.41) is 14.4. The molecule has 31 heavy (non-hydrogen) atoms. The van der Waals surface area contributed by atoms with Gasteiger partial charge >= 0.3 is 0 Å². The van der Waals surface area contributed by atoms with Crippen molar-refractivity contribution in [3.8, 4) is 10.7 Å². The minimum atomic E-state index is -0.138. The maximum absolute atomic E-state index is 12.6. The molecule has 0 atom stereocenters. The number of carbonyl (C=O) groups excluding carboxylic acids is 2. The second-order valence-corrected chi connectivity index (χ2v) is 9.17. The Labute approximate surface area is 189 Å². The minimum absolute atomic E-state index is 0.0332. The van der Waals surface area contributed by atoms with Crippen LogP contribution in [0.1, 0.15) is 43.1 Å². The number of hydrogen-bond donors (Lipinski definition) is 1. The fourth-order valence-electron chi connectivity index (χ4n) is 3.36. The molecule has 1 fully saturated rings. The molecule has 1 aliphatic rings. The summed E-state index contributed by atoms with van der Waals surface area (Å²) in [6, 6.07) is 11.5. The third kappa shape index (κ3) is 4.99. The lowest BCUT2D eigenvalue weighted by molar-refractivity contribution is -0.113. The van der Waals surface area contributed by atoms with Crippen LogP contribution < -0.4 is 5.32 Å². The van der Waals surface area contributed by atoms with E-state index in [1.165, 1.54) is 11.8 Å². The predicted molar refractivity (Wildman–Crippen MR) is 125 cm³/mol. The van der Waals surface area contributed by atoms with Gasteiger partial charge in [0.15, 0.2) is 11.0 Å². The number of thiophene rings is 1. The van der Waals surface area contributed by atoms with E-state index in [4.69, 9.17) is 0 Å². The van der Waals surface area contributed by atoms with Crippen LogP contribution in [0.25, 0.3) is 10.7 Å². The number of nitrogens with zero attached hydrogens (tertiary/aromatic N) is 4. The molecule has 0 unspecified atom stereocenters. The first-order chi connectivity index (χ1) is 15.1. The molecule has 1 saturated carbocycles. The number of thioether (sulfide) groups is 1. The molecule has 0 bridgehead atoms. The molecule has 1 aromatic carbocycles. The molecule has 0 aliphatic heterocycles. The van der Waals surface area contributed by atoms with Gasteiger partial charge in [0.2, 0.25) is 5.91 Å². The minimum Gasteiger partial charge on any atom is -0.339 e. The molecule has 162 valence electrons. The molecule has 1 aliphatic carbocycles. The van der Waals surface area contributed by atoms with Gasteiger partial charge in [-0.1, -0.05) is 23.9 Å². The lowest BCUT2D eigenvalue weighted by Gasteiger charge is -2.19. The fraction of sp³-hybridized carbons (Fsp3) is 0.364. The molecule has 2 aromatic heterocycles. The number of aromatic nitrogens is 3. The van der Waals surface area contributed by atoms with E-state index in [1.807, 2.05) is 31.4 Å². The van der Waals surface area contributed by atoms with Gasteiger partial charge < -0.3 is 10.2 Å². The van der Waals surface area contributed by atoms with E-state index >= 15 is 0 Å². The number of carbonyl (C=O) groups is 2. The zero-order valence-electron chi connectivity index (χ0n) is 17.6. The molecule has 9 heteroatoms. The summed E-state index contributed by atoms with van der Waals surface area (Å²) in [6.07, 6.45) is 2.23. The normalized spacial score (nSPS) is 13.2. The van der Waals surface area contributed by atoms with Gasteiger partial charge in [-0.2, -0.15) is 0 Å². The molecule has 2 heterocycles. The summed E-state index contributed by atoms with van der Waals surface area (Å²) < 4.78 is 2.16. The zero-order chi connectivity index (χ0) is 21.8. The molecule has 2 amide bonds. The van der Waals surface area contributed by atoms with Crippen LogP contribution in [-0.2, 0) is 4.79 Å². The average Bonchev–Trinajstić information content (AvgIpc) is 3.30. The molecule has 4 rings (SSSR count). The molecular formula is C22H25N5O2S2. The Bertz CT molecular complexity index is 1060. The van der Waals surface area contributed by atoms with E-state index in [2.05, 4.69) is 20.1 Å². The van der Waals surface area contributed by atoms with Gasteiger partial charge in [-0.3, -0.25) is 14.2 Å². The Morgan fingerprint density at radius 3 is 2.68 bits per heavy atom. The van der Waals surface area contributed by atoms with Crippen molar-refractivity contribution in [3.05, 3.63) is 47.3 Å². The molecule has 0 saturated heterocycles. The third-order valence-corrected chi connectivity index (χ3v) is 6.90. The van der Waals surface area contributed by atoms with Crippen molar-refractivity contribution in [1.82, 2.24) is 19.7 Å². The van der Waals surface area contributed by atoms with Crippen LogP contribution in [0, 0.1) is 0 Å². The Morgan fingerprint density at radius 1 is 1.19 bits per heavy atom. The standard InChI is InChI=1S/C22H25N5O2S2/c1-3-26(4-2)21(29)15-7-5-8-16(13-15)23-19(28)14-31-22-25-24-20(18-9-6-12-30-18)27(22)17-10-11-17/h5-9,12-13,17H,3-4,10-11,14H2,1-2H3,(H,23,28). The van der Waals surface area contributed by atoms with Crippen LogP contribution in [-0.4, -0.2) is 50.3 Å². The zero-order valence-corrected chi connectivity index (χ0v) is 19.2. The predicted octanol–water partition coefficient (Wildman–Crippen LogP) is 4.55. The number of nitrogens with one attached hydrogen (secondary N) is 1. The summed E-state index contributed by atoms with van der Waals surface area (Å²) in [5.41, 5.74) is 1.19. The van der Waals surface area contributed by atoms with Crippen LogP contribution in [0.15, 0.2) is 46.9 Å². The van der Waals surface area contributed by atoms with Gasteiger partial charge in [-0.25, -0.2) is 0 Å². The van der Waals surface area contributed by atoms with Gasteiger partial charge in [-0.05, 0) is 56.3 Å². The topological polar surface area (TPSA) is 80.1 Å². The monoisotopic (exact) mass is 455 g/mol. The second-order valence-electron chi connectivity index (χ2n) is 7.28. The number of hydrogen-bond acceptors (Lipinski definition) is 6. The Morgan fingerprint density at radius 2 is 2.00 bits per heavy atom. The highest BCUT2D eigenvalue weighted by Gasteiger charge is 2.30. The molecule has 1 N–H and O–H groups in total. The van der Waals surface area contributed by atoms with Crippen LogP contribution in [0.3, 0.4) is 0 Å². The quantitative estimate of drug-likeness (QED) is 0.479. The van der Waals surface area contributed by atoms with Crippen molar-refractivity contribution in [2.24, 2.45) is 0 Å². The van der Waals surface area contributed by atoms with E-state index in [0.29, 0.717) is 30.4 Å². The molecule has 7 nitrogen and oxygen atoms in total. The van der Waals surface area contributed by atoms with Gasteiger partial charge in [0, 0.05) is 30.4 Å². The van der Waals surface area contributed by atoms with Crippen molar-refractivity contribution in [2.45, 2.75) is 37.9 Å². The van der Waals surface area contributed by atoms with Gasteiger partial charge in [0.1, 0.15) is 0 Å². The summed E-state index contributed by atoms with van der Waals surface area (Å²) in [6.45, 7) is 5.21. The van der Waals surface area contributed by atoms with Crippen LogP contribution in [0.5, 0.6) is 0 Å². The van der Waals surface area contributed by atoms with Crippen molar-refractivity contribution in [1.29, 1.82) is 0 Å². The Balaban J connectivity index is 1.41. The average molecular weight is 456 g/mol. The summed E-state index contributed by atoms with van der Waals surface area (Å²) in [7, 11) is 0. The van der Waals surface area contributed by atoms with Crippen molar-refractivity contribution >= 4 is 40.6 Å². The van der Waals surface area contributed by atoms with E-state index in [1.54, 1.807) is 40.5 Å². The maximum atomic E-state index is 12.6. The molecule has 0 radical (unpaired) electrons. The highest BCUT2D eigenvalue weighted by molar-refractivity contribution is 7.99. The lowest BCUT2D eigenvalue weighted by atomic mass is 10.1. The van der Waals surface area contributed by atoms with Gasteiger partial charge in [0.05, 0.1) is 10.6 Å². The van der Waals surface area contributed by atoms with Crippen molar-refractivity contribution in [3.63, 3.8) is 0 Å². The van der Waals surface area contributed by atoms with E-state index in [-0.39, 0.29) is 17.6 Å². The van der Waals surface area contributed by atoms with Crippen LogP contribution in [0.4, 0.5) is 5.69 Å². The highest BCUT2D eigenvalue weighted by Crippen LogP contribution is 2.41.